The molecule has 1 atom stereocenters. The molecule has 1 unspecified atom stereocenters. The van der Waals surface area contributed by atoms with Gasteiger partial charge in [-0.2, -0.15) is 0 Å². The normalized spacial score (nSPS) is 23.8. The standard InChI is InChI=1S/C13H25N3O2/c1-4-14(2)11-12(15(3)5-8-17)13(11)16-6-9-18-10-7-16/h11,17H,4-10H2,1-3H3. The van der Waals surface area contributed by atoms with Crippen LogP contribution >= 0.6 is 0 Å². The van der Waals surface area contributed by atoms with Crippen molar-refractivity contribution in [1.29, 1.82) is 0 Å². The topological polar surface area (TPSA) is 39.2 Å². The first-order valence-corrected chi connectivity index (χ1v) is 6.79. The van der Waals surface area contributed by atoms with Gasteiger partial charge in [-0.3, -0.25) is 4.90 Å². The van der Waals surface area contributed by atoms with Gasteiger partial charge in [0.1, 0.15) is 0 Å². The average molecular weight is 255 g/mol. The molecule has 1 aliphatic heterocycles. The molecule has 1 heterocycles. The van der Waals surface area contributed by atoms with Gasteiger partial charge in [-0.15, -0.1) is 0 Å². The molecule has 0 spiro atoms. The van der Waals surface area contributed by atoms with Gasteiger partial charge in [0, 0.05) is 26.7 Å². The SMILES string of the molecule is CCN(C)C1C(N(C)CCO)=C1N1CCOCC1. The van der Waals surface area contributed by atoms with E-state index in [-0.39, 0.29) is 6.61 Å². The monoisotopic (exact) mass is 255 g/mol. The first-order chi connectivity index (χ1) is 8.70. The molecule has 0 saturated carbocycles. The lowest BCUT2D eigenvalue weighted by Crippen LogP contribution is -2.37. The molecule has 5 heteroatoms. The Kier molecular flexibility index (Phi) is 4.48. The van der Waals surface area contributed by atoms with Crippen LogP contribution in [0.4, 0.5) is 0 Å². The minimum atomic E-state index is 0.207. The summed E-state index contributed by atoms with van der Waals surface area (Å²) in [5, 5.41) is 9.08. The molecule has 0 amide bonds. The van der Waals surface area contributed by atoms with Crippen molar-refractivity contribution in [3.05, 3.63) is 11.4 Å². The van der Waals surface area contributed by atoms with Crippen molar-refractivity contribution < 1.29 is 9.84 Å². The molecule has 1 saturated heterocycles. The Balaban J connectivity index is 2.06. The highest BCUT2D eigenvalue weighted by molar-refractivity contribution is 5.44. The van der Waals surface area contributed by atoms with Crippen molar-refractivity contribution in [1.82, 2.24) is 14.7 Å². The predicted octanol–water partition coefficient (Wildman–Crippen LogP) is -0.212. The lowest BCUT2D eigenvalue weighted by Gasteiger charge is -2.28. The van der Waals surface area contributed by atoms with E-state index in [1.54, 1.807) is 0 Å². The fourth-order valence-corrected chi connectivity index (χ4v) is 2.60. The second-order valence-corrected chi connectivity index (χ2v) is 4.99. The van der Waals surface area contributed by atoms with Crippen LogP contribution in [0.1, 0.15) is 6.92 Å². The zero-order valence-corrected chi connectivity index (χ0v) is 11.7. The summed E-state index contributed by atoms with van der Waals surface area (Å²) in [7, 11) is 4.22. The third-order valence-corrected chi connectivity index (χ3v) is 3.84. The second kappa shape index (κ2) is 5.91. The molecule has 2 rings (SSSR count). The van der Waals surface area contributed by atoms with Crippen LogP contribution in [-0.2, 0) is 4.74 Å². The summed E-state index contributed by atoms with van der Waals surface area (Å²) in [6.07, 6.45) is 0. The Morgan fingerprint density at radius 1 is 1.33 bits per heavy atom. The van der Waals surface area contributed by atoms with Crippen LogP contribution in [0, 0.1) is 0 Å². The van der Waals surface area contributed by atoms with Crippen molar-refractivity contribution in [2.45, 2.75) is 13.0 Å². The molecule has 0 bridgehead atoms. The number of rotatable bonds is 6. The number of aliphatic hydroxyl groups excluding tert-OH is 1. The number of ether oxygens (including phenoxy) is 1. The van der Waals surface area contributed by atoms with Gasteiger partial charge < -0.3 is 19.6 Å². The number of aliphatic hydroxyl groups is 1. The minimum Gasteiger partial charge on any atom is -0.395 e. The van der Waals surface area contributed by atoms with Crippen LogP contribution in [0.15, 0.2) is 11.4 Å². The molecule has 0 aromatic rings. The van der Waals surface area contributed by atoms with Crippen LogP contribution in [0.5, 0.6) is 0 Å². The first-order valence-electron chi connectivity index (χ1n) is 6.79. The molecule has 1 aliphatic carbocycles. The van der Waals surface area contributed by atoms with Crippen molar-refractivity contribution in [3.8, 4) is 0 Å². The van der Waals surface area contributed by atoms with E-state index in [1.165, 1.54) is 11.4 Å². The molecule has 1 N–H and O–H groups in total. The molecule has 0 aromatic heterocycles. The predicted molar refractivity (Wildman–Crippen MR) is 71.2 cm³/mol. The molecule has 1 fully saturated rings. The maximum Gasteiger partial charge on any atom is 0.0937 e. The number of hydrogen-bond donors (Lipinski definition) is 1. The van der Waals surface area contributed by atoms with Crippen LogP contribution < -0.4 is 0 Å². The van der Waals surface area contributed by atoms with Crippen molar-refractivity contribution in [2.75, 3.05) is 60.1 Å². The highest BCUT2D eigenvalue weighted by Crippen LogP contribution is 2.40. The van der Waals surface area contributed by atoms with Gasteiger partial charge in [-0.1, -0.05) is 6.92 Å². The quantitative estimate of drug-likeness (QED) is 0.711. The average Bonchev–Trinajstić information content (AvgIpc) is 3.14. The third-order valence-electron chi connectivity index (χ3n) is 3.84. The molecular weight excluding hydrogens is 230 g/mol. The van der Waals surface area contributed by atoms with Crippen LogP contribution in [0.2, 0.25) is 0 Å². The highest BCUT2D eigenvalue weighted by atomic mass is 16.5. The number of hydrogen-bond acceptors (Lipinski definition) is 5. The Morgan fingerprint density at radius 2 is 2.00 bits per heavy atom. The fraction of sp³-hybridized carbons (Fsp3) is 0.846. The van der Waals surface area contributed by atoms with Crippen LogP contribution in [-0.4, -0.2) is 85.9 Å². The van der Waals surface area contributed by atoms with Gasteiger partial charge in [-0.05, 0) is 13.6 Å². The molecule has 104 valence electrons. The fourth-order valence-electron chi connectivity index (χ4n) is 2.60. The lowest BCUT2D eigenvalue weighted by atomic mass is 10.4. The van der Waals surface area contributed by atoms with Gasteiger partial charge in [0.25, 0.3) is 0 Å². The molecule has 5 nitrogen and oxygen atoms in total. The smallest absolute Gasteiger partial charge is 0.0937 e. The summed E-state index contributed by atoms with van der Waals surface area (Å²) in [6, 6.07) is 0.435. The Bertz CT molecular complexity index is 313. The largest absolute Gasteiger partial charge is 0.395 e. The van der Waals surface area contributed by atoms with Gasteiger partial charge in [-0.25, -0.2) is 0 Å². The summed E-state index contributed by atoms with van der Waals surface area (Å²) in [5.74, 6) is 0. The van der Waals surface area contributed by atoms with Crippen LogP contribution in [0.25, 0.3) is 0 Å². The molecule has 18 heavy (non-hydrogen) atoms. The van der Waals surface area contributed by atoms with E-state index in [1.807, 2.05) is 0 Å². The number of nitrogens with zero attached hydrogens (tertiary/aromatic N) is 3. The highest BCUT2D eigenvalue weighted by Gasteiger charge is 2.45. The van der Waals surface area contributed by atoms with E-state index in [9.17, 15) is 0 Å². The molecule has 0 aromatic carbocycles. The Morgan fingerprint density at radius 3 is 2.56 bits per heavy atom. The zero-order valence-electron chi connectivity index (χ0n) is 11.7. The maximum atomic E-state index is 9.08. The lowest BCUT2D eigenvalue weighted by molar-refractivity contribution is 0.0531. The van der Waals surface area contributed by atoms with Gasteiger partial charge in [0.15, 0.2) is 0 Å². The number of likely N-dealkylation sites (N-methyl/N-ethyl adjacent to an activating group) is 2. The summed E-state index contributed by atoms with van der Waals surface area (Å²) in [5.41, 5.74) is 2.80. The molecule has 2 aliphatic rings. The van der Waals surface area contributed by atoms with Gasteiger partial charge in [0.2, 0.25) is 0 Å². The van der Waals surface area contributed by atoms with E-state index in [2.05, 4.69) is 35.7 Å². The minimum absolute atomic E-state index is 0.207. The van der Waals surface area contributed by atoms with Gasteiger partial charge >= 0.3 is 0 Å². The van der Waals surface area contributed by atoms with E-state index < -0.39 is 0 Å². The summed E-state index contributed by atoms with van der Waals surface area (Å²) >= 11 is 0. The van der Waals surface area contributed by atoms with Crippen molar-refractivity contribution >= 4 is 0 Å². The maximum absolute atomic E-state index is 9.08. The Hall–Kier alpha value is -0.780. The van der Waals surface area contributed by atoms with E-state index in [0.29, 0.717) is 12.6 Å². The molecular formula is C13H25N3O2. The van der Waals surface area contributed by atoms with Gasteiger partial charge in [0.05, 0.1) is 37.3 Å². The third kappa shape index (κ3) is 2.63. The Labute approximate surface area is 110 Å². The van der Waals surface area contributed by atoms with Crippen LogP contribution in [0.3, 0.4) is 0 Å². The number of morpholine rings is 1. The van der Waals surface area contributed by atoms with E-state index in [4.69, 9.17) is 9.84 Å². The summed E-state index contributed by atoms with van der Waals surface area (Å²) < 4.78 is 5.41. The summed E-state index contributed by atoms with van der Waals surface area (Å²) in [6.45, 7) is 7.75. The van der Waals surface area contributed by atoms with E-state index in [0.717, 1.165) is 32.8 Å². The summed E-state index contributed by atoms with van der Waals surface area (Å²) in [4.78, 5) is 6.97. The molecule has 0 radical (unpaired) electrons. The first kappa shape index (κ1) is 13.6. The van der Waals surface area contributed by atoms with E-state index >= 15 is 0 Å². The van der Waals surface area contributed by atoms with Crippen molar-refractivity contribution in [3.63, 3.8) is 0 Å². The van der Waals surface area contributed by atoms with Crippen molar-refractivity contribution in [2.24, 2.45) is 0 Å². The second-order valence-electron chi connectivity index (χ2n) is 4.99. The zero-order chi connectivity index (χ0) is 13.1.